The molecule has 0 aliphatic rings. The van der Waals surface area contributed by atoms with Gasteiger partial charge in [0.05, 0.1) is 12.1 Å². The van der Waals surface area contributed by atoms with Crippen LogP contribution in [0.1, 0.15) is 16.7 Å². The van der Waals surface area contributed by atoms with Crippen molar-refractivity contribution in [1.29, 1.82) is 0 Å². The molecule has 6 heteroatoms. The van der Waals surface area contributed by atoms with Gasteiger partial charge in [-0.05, 0) is 87.9 Å². The van der Waals surface area contributed by atoms with E-state index in [-0.39, 0.29) is 5.56 Å². The topological polar surface area (TPSA) is 30.7 Å². The summed E-state index contributed by atoms with van der Waals surface area (Å²) in [6, 6.07) is 26.7. The van der Waals surface area contributed by atoms with Crippen molar-refractivity contribution in [1.82, 2.24) is 14.8 Å². The Morgan fingerprint density at radius 1 is 0.714 bits per heavy atom. The minimum Gasteiger partial charge on any atom is -0.240 e. The molecule has 0 aliphatic carbocycles. The summed E-state index contributed by atoms with van der Waals surface area (Å²) >= 11 is 3.31. The molecule has 0 saturated carbocycles. The fraction of sp³-hybridized carbons (Fsp3) is 0.103. The van der Waals surface area contributed by atoms with Crippen molar-refractivity contribution in [3.8, 4) is 33.6 Å². The molecule has 1 aromatic heterocycles. The van der Waals surface area contributed by atoms with Gasteiger partial charge in [-0.25, -0.2) is 18.4 Å². The lowest BCUT2D eigenvalue weighted by atomic mass is 9.95. The Morgan fingerprint density at radius 3 is 1.83 bits per heavy atom. The van der Waals surface area contributed by atoms with Gasteiger partial charge in [0.25, 0.3) is 0 Å². The Balaban J connectivity index is 1.61. The molecule has 174 valence electrons. The third kappa shape index (κ3) is 5.08. The van der Waals surface area contributed by atoms with Gasteiger partial charge in [-0.3, -0.25) is 0 Å². The number of halogens is 3. The Hall–Kier alpha value is -3.64. The molecular weight excluding hydrogens is 508 g/mol. The minimum atomic E-state index is -0.681. The van der Waals surface area contributed by atoms with E-state index in [1.165, 1.54) is 23.3 Å². The predicted molar refractivity (Wildman–Crippen MR) is 139 cm³/mol. The smallest absolute Gasteiger partial charge is 0.217 e. The number of rotatable bonds is 5. The molecule has 0 radical (unpaired) electrons. The molecule has 3 nitrogen and oxygen atoms in total. The van der Waals surface area contributed by atoms with E-state index < -0.39 is 11.6 Å². The number of benzene rings is 4. The molecule has 0 N–H and O–H groups in total. The molecule has 0 amide bonds. The van der Waals surface area contributed by atoms with Gasteiger partial charge >= 0.3 is 0 Å². The molecular formula is C29H22BrF2N3. The third-order valence-electron chi connectivity index (χ3n) is 5.91. The highest BCUT2D eigenvalue weighted by Crippen LogP contribution is 2.30. The fourth-order valence-electron chi connectivity index (χ4n) is 4.08. The second-order valence-corrected chi connectivity index (χ2v) is 9.35. The number of aromatic nitrogens is 3. The minimum absolute atomic E-state index is 0.193. The van der Waals surface area contributed by atoms with Crippen molar-refractivity contribution in [3.05, 3.63) is 118 Å². The molecule has 4 aromatic carbocycles. The molecule has 0 bridgehead atoms. The van der Waals surface area contributed by atoms with E-state index in [1.807, 2.05) is 0 Å². The van der Waals surface area contributed by atoms with Gasteiger partial charge in [0.2, 0.25) is 4.73 Å². The van der Waals surface area contributed by atoms with Crippen LogP contribution in [-0.4, -0.2) is 14.8 Å². The van der Waals surface area contributed by atoms with Crippen LogP contribution < -0.4 is 0 Å². The average molecular weight is 530 g/mol. The summed E-state index contributed by atoms with van der Waals surface area (Å²) in [4.78, 5) is 4.35. The van der Waals surface area contributed by atoms with Gasteiger partial charge in [-0.15, -0.1) is 5.10 Å². The molecule has 0 atom stereocenters. The summed E-state index contributed by atoms with van der Waals surface area (Å²) in [5, 5.41) is 4.44. The zero-order valence-corrected chi connectivity index (χ0v) is 20.9. The summed E-state index contributed by atoms with van der Waals surface area (Å²) in [6.45, 7) is 4.50. The Kier molecular flexibility index (Phi) is 6.31. The van der Waals surface area contributed by atoms with Crippen molar-refractivity contribution in [2.45, 2.75) is 20.4 Å². The van der Waals surface area contributed by atoms with Crippen LogP contribution >= 0.6 is 15.9 Å². The fourth-order valence-corrected chi connectivity index (χ4v) is 4.44. The second-order valence-electron chi connectivity index (χ2n) is 8.64. The van der Waals surface area contributed by atoms with Gasteiger partial charge in [0.1, 0.15) is 11.6 Å². The maximum absolute atomic E-state index is 14.6. The molecule has 0 unspecified atom stereocenters. The quantitative estimate of drug-likeness (QED) is 0.231. The number of nitrogens with zero attached hydrogens (tertiary/aromatic N) is 3. The first-order valence-corrected chi connectivity index (χ1v) is 12.0. The van der Waals surface area contributed by atoms with E-state index in [0.717, 1.165) is 33.9 Å². The number of aryl methyl sites for hydroxylation is 2. The SMILES string of the molecule is Cc1ccc(-c2cc(Cn3nc(Br)nc3-c3ccc(F)cc3F)cc(-c3ccc(C)cc3)c2)cc1. The van der Waals surface area contributed by atoms with Crippen LogP contribution in [0.25, 0.3) is 33.6 Å². The maximum atomic E-state index is 14.6. The number of hydrogen-bond donors (Lipinski definition) is 0. The van der Waals surface area contributed by atoms with Gasteiger partial charge in [-0.2, -0.15) is 0 Å². The maximum Gasteiger partial charge on any atom is 0.217 e. The van der Waals surface area contributed by atoms with Gasteiger partial charge in [0.15, 0.2) is 5.82 Å². The van der Waals surface area contributed by atoms with Crippen LogP contribution in [0.3, 0.4) is 0 Å². The Labute approximate surface area is 211 Å². The van der Waals surface area contributed by atoms with E-state index in [2.05, 4.69) is 107 Å². The monoisotopic (exact) mass is 529 g/mol. The lowest BCUT2D eigenvalue weighted by molar-refractivity contribution is 0.582. The number of hydrogen-bond acceptors (Lipinski definition) is 2. The van der Waals surface area contributed by atoms with Crippen molar-refractivity contribution >= 4 is 15.9 Å². The standard InChI is InChI=1S/C29H22BrF2N3/c1-18-3-7-21(8-4-18)23-13-20(14-24(15-23)22-9-5-19(2)6-10-22)17-35-28(33-29(30)34-35)26-12-11-25(31)16-27(26)32/h3-16H,17H2,1-2H3. The average Bonchev–Trinajstić information content (AvgIpc) is 3.19. The molecule has 0 saturated heterocycles. The van der Waals surface area contributed by atoms with E-state index in [9.17, 15) is 8.78 Å². The highest BCUT2D eigenvalue weighted by atomic mass is 79.9. The molecule has 5 aromatic rings. The largest absolute Gasteiger partial charge is 0.240 e. The van der Waals surface area contributed by atoms with Crippen LogP contribution in [0.4, 0.5) is 8.78 Å². The van der Waals surface area contributed by atoms with Gasteiger partial charge in [0, 0.05) is 6.07 Å². The normalized spacial score (nSPS) is 11.1. The van der Waals surface area contributed by atoms with Crippen molar-refractivity contribution < 1.29 is 8.78 Å². The Morgan fingerprint density at radius 2 is 1.29 bits per heavy atom. The predicted octanol–water partition coefficient (Wildman–Crippen LogP) is 7.98. The molecule has 5 rings (SSSR count). The van der Waals surface area contributed by atoms with Crippen molar-refractivity contribution in [3.63, 3.8) is 0 Å². The summed E-state index contributed by atoms with van der Waals surface area (Å²) in [5.74, 6) is -0.989. The van der Waals surface area contributed by atoms with Gasteiger partial charge < -0.3 is 0 Å². The lowest BCUT2D eigenvalue weighted by Gasteiger charge is -2.13. The first kappa shape index (κ1) is 23.1. The van der Waals surface area contributed by atoms with Crippen molar-refractivity contribution in [2.75, 3.05) is 0 Å². The molecule has 1 heterocycles. The van der Waals surface area contributed by atoms with E-state index >= 15 is 0 Å². The summed E-state index contributed by atoms with van der Waals surface area (Å²) < 4.78 is 30.0. The van der Waals surface area contributed by atoms with Crippen molar-refractivity contribution in [2.24, 2.45) is 0 Å². The van der Waals surface area contributed by atoms with Crippen LogP contribution in [0, 0.1) is 25.5 Å². The highest BCUT2D eigenvalue weighted by molar-refractivity contribution is 9.10. The van der Waals surface area contributed by atoms with Crippen LogP contribution in [-0.2, 0) is 6.54 Å². The molecule has 0 spiro atoms. The van der Waals surface area contributed by atoms with E-state index in [1.54, 1.807) is 4.68 Å². The summed E-state index contributed by atoms with van der Waals surface area (Å²) in [7, 11) is 0. The molecule has 0 fully saturated rings. The third-order valence-corrected chi connectivity index (χ3v) is 6.25. The highest BCUT2D eigenvalue weighted by Gasteiger charge is 2.16. The van der Waals surface area contributed by atoms with Crippen LogP contribution in [0.5, 0.6) is 0 Å². The zero-order chi connectivity index (χ0) is 24.5. The second kappa shape index (κ2) is 9.55. The summed E-state index contributed by atoms with van der Waals surface area (Å²) in [6.07, 6.45) is 0. The van der Waals surface area contributed by atoms with Crippen LogP contribution in [0.2, 0.25) is 0 Å². The van der Waals surface area contributed by atoms with Crippen LogP contribution in [0.15, 0.2) is 89.7 Å². The first-order valence-electron chi connectivity index (χ1n) is 11.2. The summed E-state index contributed by atoms with van der Waals surface area (Å²) in [5.41, 5.74) is 7.94. The zero-order valence-electron chi connectivity index (χ0n) is 19.3. The van der Waals surface area contributed by atoms with Gasteiger partial charge in [-0.1, -0.05) is 59.7 Å². The van der Waals surface area contributed by atoms with E-state index in [4.69, 9.17) is 0 Å². The Bertz CT molecular complexity index is 1440. The van der Waals surface area contributed by atoms with E-state index in [0.29, 0.717) is 17.1 Å². The molecule has 35 heavy (non-hydrogen) atoms. The lowest BCUT2D eigenvalue weighted by Crippen LogP contribution is -2.06. The first-order chi connectivity index (χ1) is 16.9. The molecule has 0 aliphatic heterocycles.